The highest BCUT2D eigenvalue weighted by molar-refractivity contribution is 5.95. The molecule has 5 heteroatoms. The summed E-state index contributed by atoms with van der Waals surface area (Å²) in [5.74, 6) is 0.910. The van der Waals surface area contributed by atoms with Crippen LogP contribution in [0.4, 0.5) is 0 Å². The van der Waals surface area contributed by atoms with Gasteiger partial charge in [0.2, 0.25) is 0 Å². The smallest absolute Gasteiger partial charge is 0.254 e. The SMILES string of the molecule is COc1cc(C(=O)N2CC[C@H](N3CCN(C(C)C)CC3)C2)ccc1C. The molecule has 1 amide bonds. The number of aryl methyl sites for hydroxylation is 1. The van der Waals surface area contributed by atoms with Gasteiger partial charge in [0.1, 0.15) is 5.75 Å². The highest BCUT2D eigenvalue weighted by Crippen LogP contribution is 2.23. The first-order valence-corrected chi connectivity index (χ1v) is 9.41. The Morgan fingerprint density at radius 1 is 1.16 bits per heavy atom. The van der Waals surface area contributed by atoms with Crippen molar-refractivity contribution in [3.8, 4) is 5.75 Å². The van der Waals surface area contributed by atoms with Gasteiger partial charge in [-0.25, -0.2) is 0 Å². The van der Waals surface area contributed by atoms with Crippen molar-refractivity contribution in [3.63, 3.8) is 0 Å². The number of piperazine rings is 1. The summed E-state index contributed by atoms with van der Waals surface area (Å²) < 4.78 is 5.36. The number of carbonyl (C=O) groups is 1. The number of hydrogen-bond donors (Lipinski definition) is 0. The van der Waals surface area contributed by atoms with E-state index in [4.69, 9.17) is 4.74 Å². The number of rotatable bonds is 4. The topological polar surface area (TPSA) is 36.0 Å². The molecule has 25 heavy (non-hydrogen) atoms. The van der Waals surface area contributed by atoms with E-state index >= 15 is 0 Å². The van der Waals surface area contributed by atoms with Crippen LogP contribution in [0.5, 0.6) is 5.75 Å². The molecular weight excluding hydrogens is 314 g/mol. The molecule has 2 saturated heterocycles. The summed E-state index contributed by atoms with van der Waals surface area (Å²) in [6.07, 6.45) is 1.08. The molecule has 138 valence electrons. The maximum atomic E-state index is 12.8. The van der Waals surface area contributed by atoms with Crippen molar-refractivity contribution in [2.45, 2.75) is 39.3 Å². The Balaban J connectivity index is 1.58. The molecule has 5 nitrogen and oxygen atoms in total. The monoisotopic (exact) mass is 345 g/mol. The average molecular weight is 345 g/mol. The van der Waals surface area contributed by atoms with Gasteiger partial charge in [0, 0.05) is 56.9 Å². The molecule has 0 bridgehead atoms. The van der Waals surface area contributed by atoms with Gasteiger partial charge in [-0.1, -0.05) is 6.07 Å². The number of hydrogen-bond acceptors (Lipinski definition) is 4. The molecule has 0 spiro atoms. The summed E-state index contributed by atoms with van der Waals surface area (Å²) in [5, 5.41) is 0. The molecule has 0 aromatic heterocycles. The molecule has 1 aromatic carbocycles. The third-order valence-corrected chi connectivity index (χ3v) is 5.70. The van der Waals surface area contributed by atoms with Gasteiger partial charge in [0.15, 0.2) is 0 Å². The second-order valence-corrected chi connectivity index (χ2v) is 7.54. The van der Waals surface area contributed by atoms with Gasteiger partial charge in [-0.3, -0.25) is 14.6 Å². The van der Waals surface area contributed by atoms with E-state index in [0.29, 0.717) is 12.1 Å². The number of ether oxygens (including phenoxy) is 1. The van der Waals surface area contributed by atoms with Crippen LogP contribution in [0.1, 0.15) is 36.2 Å². The fourth-order valence-electron chi connectivity index (χ4n) is 3.98. The van der Waals surface area contributed by atoms with Crippen molar-refractivity contribution in [3.05, 3.63) is 29.3 Å². The van der Waals surface area contributed by atoms with E-state index in [1.54, 1.807) is 7.11 Å². The van der Waals surface area contributed by atoms with E-state index in [0.717, 1.165) is 62.6 Å². The number of benzene rings is 1. The van der Waals surface area contributed by atoms with Crippen molar-refractivity contribution in [2.24, 2.45) is 0 Å². The Bertz CT molecular complexity index is 609. The van der Waals surface area contributed by atoms with E-state index in [2.05, 4.69) is 23.6 Å². The van der Waals surface area contributed by atoms with Gasteiger partial charge in [-0.2, -0.15) is 0 Å². The van der Waals surface area contributed by atoms with E-state index in [9.17, 15) is 4.79 Å². The zero-order valence-corrected chi connectivity index (χ0v) is 16.0. The predicted octanol–water partition coefficient (Wildman–Crippen LogP) is 2.24. The minimum absolute atomic E-state index is 0.126. The molecule has 1 atom stereocenters. The largest absolute Gasteiger partial charge is 0.496 e. The highest BCUT2D eigenvalue weighted by Gasteiger charge is 2.32. The summed E-state index contributed by atoms with van der Waals surface area (Å²) in [4.78, 5) is 19.9. The lowest BCUT2D eigenvalue weighted by Crippen LogP contribution is -2.52. The lowest BCUT2D eigenvalue weighted by Gasteiger charge is -2.39. The normalized spacial score (nSPS) is 22.6. The van der Waals surface area contributed by atoms with Crippen molar-refractivity contribution in [1.29, 1.82) is 0 Å². The fraction of sp³-hybridized carbons (Fsp3) is 0.650. The molecule has 0 aliphatic carbocycles. The standard InChI is InChI=1S/C20H31N3O2/c1-15(2)21-9-11-22(12-10-21)18-7-8-23(14-18)20(24)17-6-5-16(3)19(13-17)25-4/h5-6,13,15,18H,7-12,14H2,1-4H3/t18-/m0/s1. The van der Waals surface area contributed by atoms with Gasteiger partial charge >= 0.3 is 0 Å². The number of nitrogens with zero attached hydrogens (tertiary/aromatic N) is 3. The second kappa shape index (κ2) is 7.75. The molecule has 0 N–H and O–H groups in total. The van der Waals surface area contributed by atoms with Crippen LogP contribution in [0, 0.1) is 6.92 Å². The molecule has 1 aromatic rings. The number of likely N-dealkylation sites (tertiary alicyclic amines) is 1. The third kappa shape index (κ3) is 3.98. The van der Waals surface area contributed by atoms with Crippen LogP contribution in [-0.4, -0.2) is 79.1 Å². The van der Waals surface area contributed by atoms with Crippen molar-refractivity contribution in [2.75, 3.05) is 46.4 Å². The Labute approximate surface area is 151 Å². The van der Waals surface area contributed by atoms with Crippen LogP contribution in [0.3, 0.4) is 0 Å². The van der Waals surface area contributed by atoms with Crippen LogP contribution in [0.2, 0.25) is 0 Å². The van der Waals surface area contributed by atoms with Gasteiger partial charge < -0.3 is 9.64 Å². The van der Waals surface area contributed by atoms with E-state index in [1.165, 1.54) is 0 Å². The minimum Gasteiger partial charge on any atom is -0.496 e. The Morgan fingerprint density at radius 2 is 1.88 bits per heavy atom. The van der Waals surface area contributed by atoms with Gasteiger partial charge in [-0.15, -0.1) is 0 Å². The molecular formula is C20H31N3O2. The molecule has 2 aliphatic rings. The summed E-state index contributed by atoms with van der Waals surface area (Å²) in [5.41, 5.74) is 1.79. The Hall–Kier alpha value is -1.59. The first-order chi connectivity index (χ1) is 12.0. The average Bonchev–Trinajstić information content (AvgIpc) is 3.11. The maximum absolute atomic E-state index is 12.8. The zero-order valence-electron chi connectivity index (χ0n) is 16.0. The molecule has 3 rings (SSSR count). The molecule has 2 fully saturated rings. The summed E-state index contributed by atoms with van der Waals surface area (Å²) in [6.45, 7) is 12.7. The second-order valence-electron chi connectivity index (χ2n) is 7.54. The van der Waals surface area contributed by atoms with E-state index < -0.39 is 0 Å². The fourth-order valence-corrected chi connectivity index (χ4v) is 3.98. The maximum Gasteiger partial charge on any atom is 0.254 e. The van der Waals surface area contributed by atoms with Crippen LogP contribution in [-0.2, 0) is 0 Å². The first kappa shape index (κ1) is 18.2. The number of carbonyl (C=O) groups excluding carboxylic acids is 1. The van der Waals surface area contributed by atoms with E-state index in [-0.39, 0.29) is 5.91 Å². The number of amides is 1. The van der Waals surface area contributed by atoms with Crippen molar-refractivity contribution >= 4 is 5.91 Å². The first-order valence-electron chi connectivity index (χ1n) is 9.41. The summed E-state index contributed by atoms with van der Waals surface area (Å²) >= 11 is 0. The summed E-state index contributed by atoms with van der Waals surface area (Å²) in [7, 11) is 1.65. The molecule has 0 unspecified atom stereocenters. The lowest BCUT2D eigenvalue weighted by molar-refractivity contribution is 0.0699. The lowest BCUT2D eigenvalue weighted by atomic mass is 10.1. The molecule has 2 aliphatic heterocycles. The van der Waals surface area contributed by atoms with Crippen LogP contribution in [0.25, 0.3) is 0 Å². The van der Waals surface area contributed by atoms with Crippen molar-refractivity contribution < 1.29 is 9.53 Å². The number of methoxy groups -OCH3 is 1. The third-order valence-electron chi connectivity index (χ3n) is 5.70. The molecule has 0 saturated carbocycles. The summed E-state index contributed by atoms with van der Waals surface area (Å²) in [6, 6.07) is 6.87. The zero-order chi connectivity index (χ0) is 18.0. The van der Waals surface area contributed by atoms with Crippen LogP contribution < -0.4 is 4.74 Å². The van der Waals surface area contributed by atoms with E-state index in [1.807, 2.05) is 30.0 Å². The van der Waals surface area contributed by atoms with Gasteiger partial charge in [0.05, 0.1) is 7.11 Å². The Morgan fingerprint density at radius 3 is 2.52 bits per heavy atom. The molecule has 0 radical (unpaired) electrons. The van der Waals surface area contributed by atoms with Crippen LogP contribution in [0.15, 0.2) is 18.2 Å². The van der Waals surface area contributed by atoms with Crippen LogP contribution >= 0.6 is 0 Å². The minimum atomic E-state index is 0.126. The van der Waals surface area contributed by atoms with Gasteiger partial charge in [0.25, 0.3) is 5.91 Å². The Kier molecular flexibility index (Phi) is 5.64. The predicted molar refractivity (Wildman–Crippen MR) is 100 cm³/mol. The highest BCUT2D eigenvalue weighted by atomic mass is 16.5. The molecule has 2 heterocycles. The van der Waals surface area contributed by atoms with Crippen molar-refractivity contribution in [1.82, 2.24) is 14.7 Å². The van der Waals surface area contributed by atoms with Gasteiger partial charge in [-0.05, 0) is 44.9 Å². The quantitative estimate of drug-likeness (QED) is 0.839.